The molecule has 0 radical (unpaired) electrons. The van der Waals surface area contributed by atoms with Crippen molar-refractivity contribution in [1.82, 2.24) is 30.1 Å². The Hall–Kier alpha value is -2.77. The molecule has 0 amide bonds. The molecule has 0 aliphatic carbocycles. The Bertz CT molecular complexity index is 790. The lowest BCUT2D eigenvalue weighted by Gasteiger charge is -2.36. The SMILES string of the molecule is Cc1cc(N2CCN(c3ncnc4[nH]ncc34)CC2)ncn1. The van der Waals surface area contributed by atoms with Crippen LogP contribution >= 0.6 is 0 Å². The minimum atomic E-state index is 0.777. The Morgan fingerprint density at radius 2 is 1.73 bits per heavy atom. The summed E-state index contributed by atoms with van der Waals surface area (Å²) in [7, 11) is 0. The maximum atomic E-state index is 4.43. The minimum absolute atomic E-state index is 0.777. The van der Waals surface area contributed by atoms with Crippen LogP contribution < -0.4 is 9.80 Å². The van der Waals surface area contributed by atoms with Gasteiger partial charge in [0.2, 0.25) is 0 Å². The van der Waals surface area contributed by atoms with Crippen LogP contribution in [0.2, 0.25) is 0 Å². The molecule has 0 bridgehead atoms. The zero-order valence-electron chi connectivity index (χ0n) is 12.3. The third-order valence-electron chi connectivity index (χ3n) is 3.92. The molecule has 1 aliphatic rings. The van der Waals surface area contributed by atoms with Crippen molar-refractivity contribution in [1.29, 1.82) is 0 Å². The summed E-state index contributed by atoms with van der Waals surface area (Å²) in [4.78, 5) is 21.7. The number of aromatic nitrogens is 6. The first-order valence-corrected chi connectivity index (χ1v) is 7.24. The Labute approximate surface area is 127 Å². The smallest absolute Gasteiger partial charge is 0.160 e. The molecule has 4 heterocycles. The second-order valence-corrected chi connectivity index (χ2v) is 5.32. The van der Waals surface area contributed by atoms with Crippen molar-refractivity contribution < 1.29 is 0 Å². The third kappa shape index (κ3) is 2.22. The summed E-state index contributed by atoms with van der Waals surface area (Å²) in [5.74, 6) is 1.93. The van der Waals surface area contributed by atoms with Crippen molar-refractivity contribution in [3.8, 4) is 0 Å². The average molecular weight is 296 g/mol. The molecular formula is C14H16N8. The van der Waals surface area contributed by atoms with E-state index in [2.05, 4.69) is 39.9 Å². The van der Waals surface area contributed by atoms with Crippen LogP contribution in [0.3, 0.4) is 0 Å². The van der Waals surface area contributed by atoms with Gasteiger partial charge >= 0.3 is 0 Å². The number of nitrogens with zero attached hydrogens (tertiary/aromatic N) is 7. The Balaban J connectivity index is 1.53. The van der Waals surface area contributed by atoms with Crippen LogP contribution in [0, 0.1) is 6.92 Å². The van der Waals surface area contributed by atoms with Crippen LogP contribution in [0.15, 0.2) is 24.9 Å². The van der Waals surface area contributed by atoms with Gasteiger partial charge in [-0.05, 0) is 6.92 Å². The van der Waals surface area contributed by atoms with Crippen molar-refractivity contribution in [3.63, 3.8) is 0 Å². The fourth-order valence-electron chi connectivity index (χ4n) is 2.76. The van der Waals surface area contributed by atoms with Gasteiger partial charge in [-0.15, -0.1) is 0 Å². The molecule has 22 heavy (non-hydrogen) atoms. The molecule has 0 unspecified atom stereocenters. The number of anilines is 2. The van der Waals surface area contributed by atoms with Crippen LogP contribution in [0.1, 0.15) is 5.69 Å². The van der Waals surface area contributed by atoms with E-state index in [-0.39, 0.29) is 0 Å². The summed E-state index contributed by atoms with van der Waals surface area (Å²) in [5.41, 5.74) is 1.77. The zero-order chi connectivity index (χ0) is 14.9. The molecular weight excluding hydrogens is 280 g/mol. The minimum Gasteiger partial charge on any atom is -0.353 e. The molecule has 0 atom stereocenters. The first-order valence-electron chi connectivity index (χ1n) is 7.24. The Morgan fingerprint density at radius 3 is 2.55 bits per heavy atom. The van der Waals surface area contributed by atoms with E-state index >= 15 is 0 Å². The quantitative estimate of drug-likeness (QED) is 0.747. The number of aromatic amines is 1. The predicted octanol–water partition coefficient (Wildman–Crippen LogP) is 0.778. The number of fused-ring (bicyclic) bond motifs is 1. The fourth-order valence-corrected chi connectivity index (χ4v) is 2.76. The van der Waals surface area contributed by atoms with Gasteiger partial charge in [0.05, 0.1) is 11.6 Å². The van der Waals surface area contributed by atoms with Gasteiger partial charge in [-0.2, -0.15) is 5.10 Å². The van der Waals surface area contributed by atoms with Crippen LogP contribution in [-0.2, 0) is 0 Å². The highest BCUT2D eigenvalue weighted by molar-refractivity contribution is 5.86. The molecule has 0 saturated carbocycles. The third-order valence-corrected chi connectivity index (χ3v) is 3.92. The molecule has 112 valence electrons. The van der Waals surface area contributed by atoms with Gasteiger partial charge < -0.3 is 9.80 Å². The van der Waals surface area contributed by atoms with Gasteiger partial charge in [0, 0.05) is 37.9 Å². The molecule has 8 nitrogen and oxygen atoms in total. The summed E-state index contributed by atoms with van der Waals surface area (Å²) in [6, 6.07) is 2.02. The first kappa shape index (κ1) is 12.9. The van der Waals surface area contributed by atoms with Gasteiger partial charge in [-0.1, -0.05) is 0 Å². The molecule has 8 heteroatoms. The highest BCUT2D eigenvalue weighted by Crippen LogP contribution is 2.23. The van der Waals surface area contributed by atoms with Gasteiger partial charge in [0.15, 0.2) is 5.65 Å². The van der Waals surface area contributed by atoms with Crippen molar-refractivity contribution in [3.05, 3.63) is 30.6 Å². The largest absolute Gasteiger partial charge is 0.353 e. The molecule has 1 fully saturated rings. The molecule has 0 aromatic carbocycles. The molecule has 3 aromatic rings. The predicted molar refractivity (Wildman–Crippen MR) is 82.9 cm³/mol. The second kappa shape index (κ2) is 5.21. The topological polar surface area (TPSA) is 86.7 Å². The van der Waals surface area contributed by atoms with Gasteiger partial charge in [0.1, 0.15) is 24.3 Å². The van der Waals surface area contributed by atoms with E-state index in [0.29, 0.717) is 0 Å². The maximum Gasteiger partial charge on any atom is 0.160 e. The standard InChI is InChI=1S/C14H16N8/c1-10-6-12(16-8-15-10)21-2-4-22(5-3-21)14-11-7-19-20-13(11)17-9-18-14/h6-9H,2-5H2,1H3,(H,17,18,19,20). The summed E-state index contributed by atoms with van der Waals surface area (Å²) in [6.07, 6.45) is 4.98. The first-order chi connectivity index (χ1) is 10.8. The molecule has 3 aromatic heterocycles. The second-order valence-electron chi connectivity index (χ2n) is 5.32. The zero-order valence-corrected chi connectivity index (χ0v) is 12.3. The summed E-state index contributed by atoms with van der Waals surface area (Å²) in [6.45, 7) is 5.57. The number of hydrogen-bond acceptors (Lipinski definition) is 7. The van der Waals surface area contributed by atoms with E-state index in [1.54, 1.807) is 18.9 Å². The number of rotatable bonds is 2. The normalized spacial score (nSPS) is 15.5. The lowest BCUT2D eigenvalue weighted by Crippen LogP contribution is -2.47. The summed E-state index contributed by atoms with van der Waals surface area (Å²) in [5, 5.41) is 7.90. The number of aryl methyl sites for hydroxylation is 1. The molecule has 1 saturated heterocycles. The Kier molecular flexibility index (Phi) is 3.06. The fraction of sp³-hybridized carbons (Fsp3) is 0.357. The molecule has 4 rings (SSSR count). The Morgan fingerprint density at radius 1 is 0.955 bits per heavy atom. The molecule has 1 N–H and O–H groups in total. The summed E-state index contributed by atoms with van der Waals surface area (Å²) >= 11 is 0. The van der Waals surface area contributed by atoms with E-state index < -0.39 is 0 Å². The van der Waals surface area contributed by atoms with E-state index in [4.69, 9.17) is 0 Å². The van der Waals surface area contributed by atoms with E-state index in [1.807, 2.05) is 13.0 Å². The van der Waals surface area contributed by atoms with Crippen LogP contribution in [0.4, 0.5) is 11.6 Å². The lowest BCUT2D eigenvalue weighted by molar-refractivity contribution is 0.642. The summed E-state index contributed by atoms with van der Waals surface area (Å²) < 4.78 is 0. The molecule has 1 aliphatic heterocycles. The molecule has 0 spiro atoms. The van der Waals surface area contributed by atoms with E-state index in [1.165, 1.54) is 0 Å². The van der Waals surface area contributed by atoms with Crippen molar-refractivity contribution in [2.75, 3.05) is 36.0 Å². The number of H-pyrrole nitrogens is 1. The van der Waals surface area contributed by atoms with Gasteiger partial charge in [-0.25, -0.2) is 19.9 Å². The monoisotopic (exact) mass is 296 g/mol. The van der Waals surface area contributed by atoms with Gasteiger partial charge in [-0.3, -0.25) is 5.10 Å². The number of piperazine rings is 1. The van der Waals surface area contributed by atoms with Crippen LogP contribution in [0.5, 0.6) is 0 Å². The van der Waals surface area contributed by atoms with E-state index in [0.717, 1.165) is 54.5 Å². The maximum absolute atomic E-state index is 4.43. The highest BCUT2D eigenvalue weighted by atomic mass is 15.3. The van der Waals surface area contributed by atoms with E-state index in [9.17, 15) is 0 Å². The van der Waals surface area contributed by atoms with Crippen molar-refractivity contribution in [2.24, 2.45) is 0 Å². The lowest BCUT2D eigenvalue weighted by atomic mass is 10.2. The van der Waals surface area contributed by atoms with Crippen LogP contribution in [0.25, 0.3) is 11.0 Å². The van der Waals surface area contributed by atoms with Gasteiger partial charge in [0.25, 0.3) is 0 Å². The number of nitrogens with one attached hydrogen (secondary N) is 1. The van der Waals surface area contributed by atoms with Crippen molar-refractivity contribution in [2.45, 2.75) is 6.92 Å². The van der Waals surface area contributed by atoms with Crippen molar-refractivity contribution >= 4 is 22.7 Å². The average Bonchev–Trinajstić information content (AvgIpc) is 3.04. The number of hydrogen-bond donors (Lipinski definition) is 1. The van der Waals surface area contributed by atoms with Crippen LogP contribution in [-0.4, -0.2) is 56.3 Å². The highest BCUT2D eigenvalue weighted by Gasteiger charge is 2.21.